The molecule has 0 heterocycles. The van der Waals surface area contributed by atoms with Crippen LogP contribution in [0.4, 0.5) is 0 Å². The van der Waals surface area contributed by atoms with E-state index in [9.17, 15) is 0 Å². The Balaban J connectivity index is 1.52. The topological polar surface area (TPSA) is 0 Å². The zero-order chi connectivity index (χ0) is 25.6. The molecule has 0 nitrogen and oxygen atoms in total. The molecule has 38 heavy (non-hydrogen) atoms. The lowest BCUT2D eigenvalue weighted by atomic mass is 9.99. The van der Waals surface area contributed by atoms with Crippen LogP contribution in [0.1, 0.15) is 128 Å². The molecule has 4 aliphatic rings. The molecule has 0 amide bonds. The summed E-state index contributed by atoms with van der Waals surface area (Å²) >= 11 is 0. The lowest BCUT2D eigenvalue weighted by molar-refractivity contribution is 0.486. The van der Waals surface area contributed by atoms with Crippen molar-refractivity contribution >= 4 is 26.5 Å². The van der Waals surface area contributed by atoms with E-state index in [-0.39, 0.29) is 15.8 Å². The number of hydrogen-bond acceptors (Lipinski definition) is 0. The Labute approximate surface area is 236 Å². The Morgan fingerprint density at radius 2 is 0.816 bits per heavy atom. The third-order valence-electron chi connectivity index (χ3n) is 10.5. The highest BCUT2D eigenvalue weighted by molar-refractivity contribution is 7.73. The monoisotopic (exact) mass is 546 g/mol. The molecule has 2 aromatic rings. The van der Waals surface area contributed by atoms with Gasteiger partial charge in [0.25, 0.3) is 0 Å². The average molecular weight is 547 g/mol. The molecule has 0 radical (unpaired) electrons. The molecule has 2 heteroatoms. The molecule has 0 bridgehead atoms. The van der Waals surface area contributed by atoms with Gasteiger partial charge in [0.15, 0.2) is 0 Å². The fourth-order valence-electron chi connectivity index (χ4n) is 8.65. The molecule has 0 spiro atoms. The summed E-state index contributed by atoms with van der Waals surface area (Å²) in [6.45, 7) is 0. The summed E-state index contributed by atoms with van der Waals surface area (Å²) in [5, 5.41) is 3.89. The first kappa shape index (κ1) is 27.5. The van der Waals surface area contributed by atoms with Gasteiger partial charge < -0.3 is 0 Å². The summed E-state index contributed by atoms with van der Waals surface area (Å²) in [4.78, 5) is 0. The summed E-state index contributed by atoms with van der Waals surface area (Å²) in [5.74, 6) is 0. The summed E-state index contributed by atoms with van der Waals surface area (Å²) in [6, 6.07) is 19.4. The van der Waals surface area contributed by atoms with E-state index >= 15 is 0 Å². The van der Waals surface area contributed by atoms with E-state index in [0.29, 0.717) is 0 Å². The van der Waals surface area contributed by atoms with Gasteiger partial charge in [0.1, 0.15) is 0 Å². The van der Waals surface area contributed by atoms with Crippen molar-refractivity contribution in [2.75, 3.05) is 0 Å². The second-order valence-electron chi connectivity index (χ2n) is 13.0. The number of rotatable bonds is 7. The van der Waals surface area contributed by atoms with Crippen LogP contribution in [-0.4, -0.2) is 22.6 Å². The van der Waals surface area contributed by atoms with Gasteiger partial charge in [-0.15, -0.1) is 0 Å². The quantitative estimate of drug-likeness (QED) is 0.303. The van der Waals surface area contributed by atoms with Gasteiger partial charge in [0.05, 0.1) is 0 Å². The Bertz CT molecular complexity index is 940. The Hall–Kier alpha value is -0.700. The maximum Gasteiger partial charge on any atom is -0.00801 e. The van der Waals surface area contributed by atoms with Gasteiger partial charge in [-0.3, -0.25) is 0 Å². The predicted molar refractivity (Wildman–Crippen MR) is 172 cm³/mol. The van der Waals surface area contributed by atoms with E-state index in [1.807, 2.05) is 10.6 Å². The first-order chi connectivity index (χ1) is 18.9. The molecular weight excluding hydrogens is 494 g/mol. The lowest BCUT2D eigenvalue weighted by Crippen LogP contribution is -2.38. The lowest BCUT2D eigenvalue weighted by Gasteiger charge is -2.44. The third-order valence-corrected chi connectivity index (χ3v) is 17.8. The van der Waals surface area contributed by atoms with Gasteiger partial charge in [-0.2, -0.15) is 0 Å². The van der Waals surface area contributed by atoms with Crippen molar-refractivity contribution in [3.63, 3.8) is 0 Å². The van der Waals surface area contributed by atoms with Gasteiger partial charge in [-0.1, -0.05) is 141 Å². The van der Waals surface area contributed by atoms with Gasteiger partial charge in [-0.05, 0) is 95.7 Å². The van der Waals surface area contributed by atoms with E-state index in [4.69, 9.17) is 0 Å². The minimum atomic E-state index is -0.116. The molecule has 0 N–H and O–H groups in total. The maximum atomic E-state index is 2.72. The first-order valence-corrected chi connectivity index (χ1v) is 19.6. The molecule has 0 aliphatic heterocycles. The molecule has 0 atom stereocenters. The summed E-state index contributed by atoms with van der Waals surface area (Å²) in [7, 11) is -0.193. The van der Waals surface area contributed by atoms with Crippen LogP contribution in [0, 0.1) is 0 Å². The van der Waals surface area contributed by atoms with E-state index < -0.39 is 0 Å². The van der Waals surface area contributed by atoms with Crippen molar-refractivity contribution < 1.29 is 0 Å². The van der Waals surface area contributed by atoms with Crippen LogP contribution in [0.3, 0.4) is 0 Å². The van der Waals surface area contributed by atoms with Crippen LogP contribution in [0.2, 0.25) is 0 Å². The molecule has 0 unspecified atom stereocenters. The van der Waals surface area contributed by atoms with Crippen molar-refractivity contribution in [1.82, 2.24) is 0 Å². The standard InChI is InChI=1S/C36H52P2/c1-6-17-29(18-7-1)34-27-16-28-35(37(30-19-8-2-9-20-30)31-21-10-3-11-22-31)36(34)38(32-23-12-4-13-24-32)33-25-14-5-15-26-33/h1,6-7,16-18,27-28,30-33H,2-5,8-15,19-26H2. The van der Waals surface area contributed by atoms with Crippen molar-refractivity contribution in [2.24, 2.45) is 0 Å². The zero-order valence-corrected chi connectivity index (χ0v) is 25.8. The van der Waals surface area contributed by atoms with Crippen molar-refractivity contribution in [2.45, 2.75) is 151 Å². The smallest absolute Gasteiger partial charge is 0.00801 e. The molecular formula is C36H52P2. The molecule has 4 aliphatic carbocycles. The third kappa shape index (κ3) is 6.28. The molecule has 2 aromatic carbocycles. The predicted octanol–water partition coefficient (Wildman–Crippen LogP) is 10.9. The highest BCUT2D eigenvalue weighted by atomic mass is 31.1. The van der Waals surface area contributed by atoms with Crippen molar-refractivity contribution in [3.8, 4) is 11.1 Å². The van der Waals surface area contributed by atoms with E-state index in [2.05, 4.69) is 48.5 Å². The van der Waals surface area contributed by atoms with E-state index in [1.54, 1.807) is 5.56 Å². The van der Waals surface area contributed by atoms with Crippen molar-refractivity contribution in [3.05, 3.63) is 48.5 Å². The van der Waals surface area contributed by atoms with Crippen LogP contribution in [0.5, 0.6) is 0 Å². The van der Waals surface area contributed by atoms with Gasteiger partial charge in [-0.25, -0.2) is 0 Å². The second-order valence-corrected chi connectivity index (χ2v) is 18.5. The zero-order valence-electron chi connectivity index (χ0n) is 24.0. The minimum Gasteiger partial charge on any atom is -0.0682 e. The molecule has 4 fully saturated rings. The summed E-state index contributed by atoms with van der Waals surface area (Å²) < 4.78 is 0. The van der Waals surface area contributed by atoms with Crippen LogP contribution in [0.25, 0.3) is 11.1 Å². The summed E-state index contributed by atoms with van der Waals surface area (Å²) in [6.07, 6.45) is 29.9. The van der Waals surface area contributed by atoms with Gasteiger partial charge in [0.2, 0.25) is 0 Å². The molecule has 0 aromatic heterocycles. The molecule has 4 saturated carbocycles. The fourth-order valence-corrected chi connectivity index (χ4v) is 17.2. The molecule has 0 saturated heterocycles. The van der Waals surface area contributed by atoms with E-state index in [1.165, 1.54) is 134 Å². The van der Waals surface area contributed by atoms with Crippen LogP contribution in [-0.2, 0) is 0 Å². The first-order valence-electron chi connectivity index (χ1n) is 16.7. The van der Waals surface area contributed by atoms with Crippen LogP contribution >= 0.6 is 15.8 Å². The Kier molecular flexibility index (Phi) is 9.96. The highest BCUT2D eigenvalue weighted by Gasteiger charge is 2.39. The second kappa shape index (κ2) is 13.8. The number of hydrogen-bond donors (Lipinski definition) is 0. The fraction of sp³-hybridized carbons (Fsp3) is 0.667. The molecule has 6 rings (SSSR count). The Morgan fingerprint density at radius 3 is 1.26 bits per heavy atom. The Morgan fingerprint density at radius 1 is 0.395 bits per heavy atom. The maximum absolute atomic E-state index is 2.72. The molecule has 206 valence electrons. The highest BCUT2D eigenvalue weighted by Crippen LogP contribution is 2.60. The van der Waals surface area contributed by atoms with Crippen LogP contribution in [0.15, 0.2) is 48.5 Å². The number of benzene rings is 2. The van der Waals surface area contributed by atoms with Gasteiger partial charge >= 0.3 is 0 Å². The normalized spacial score (nSPS) is 23.3. The van der Waals surface area contributed by atoms with Crippen LogP contribution < -0.4 is 10.6 Å². The summed E-state index contributed by atoms with van der Waals surface area (Å²) in [5.41, 5.74) is 7.08. The van der Waals surface area contributed by atoms with Crippen molar-refractivity contribution in [1.29, 1.82) is 0 Å². The van der Waals surface area contributed by atoms with Gasteiger partial charge in [0, 0.05) is 0 Å². The SMILES string of the molecule is c1ccc(-c2cccc(P(C3CCCCC3)C3CCCCC3)c2P(C2CCCCC2)C2CCCCC2)cc1. The van der Waals surface area contributed by atoms with E-state index in [0.717, 1.165) is 22.6 Å². The minimum absolute atomic E-state index is 0.0778. The largest absolute Gasteiger partial charge is 0.0682 e. The average Bonchev–Trinajstić information content (AvgIpc) is 3.01.